The van der Waals surface area contributed by atoms with E-state index in [-0.39, 0.29) is 17.6 Å². The summed E-state index contributed by atoms with van der Waals surface area (Å²) in [4.78, 5) is 32.2. The van der Waals surface area contributed by atoms with Crippen molar-refractivity contribution in [2.45, 2.75) is 37.6 Å². The van der Waals surface area contributed by atoms with Crippen molar-refractivity contribution in [1.82, 2.24) is 14.9 Å². The molecule has 132 valence electrons. The number of aryl methyl sites for hydroxylation is 1. The van der Waals surface area contributed by atoms with Crippen molar-refractivity contribution in [2.24, 2.45) is 0 Å². The average Bonchev–Trinajstić information content (AvgIpc) is 3.06. The van der Waals surface area contributed by atoms with E-state index in [0.29, 0.717) is 17.0 Å². The van der Waals surface area contributed by atoms with Gasteiger partial charge in [0.25, 0.3) is 5.91 Å². The highest BCUT2D eigenvalue weighted by Crippen LogP contribution is 2.41. The van der Waals surface area contributed by atoms with Crippen molar-refractivity contribution in [1.29, 1.82) is 0 Å². The van der Waals surface area contributed by atoms with Crippen LogP contribution in [0.1, 0.15) is 46.7 Å². The molecule has 0 saturated carbocycles. The minimum absolute atomic E-state index is 0.0723. The quantitative estimate of drug-likeness (QED) is 0.710. The lowest BCUT2D eigenvalue weighted by molar-refractivity contribution is 0.0547. The molecule has 1 fully saturated rings. The molecule has 1 aromatic heterocycles. The zero-order valence-corrected chi connectivity index (χ0v) is 14.5. The summed E-state index contributed by atoms with van der Waals surface area (Å²) in [7, 11) is 0. The molecule has 2 heterocycles. The van der Waals surface area contributed by atoms with E-state index < -0.39 is 0 Å². The van der Waals surface area contributed by atoms with Crippen LogP contribution in [0.4, 0.5) is 0 Å². The highest BCUT2D eigenvalue weighted by atomic mass is 16.2. The van der Waals surface area contributed by atoms with Crippen molar-refractivity contribution < 1.29 is 4.79 Å². The number of amides is 1. The van der Waals surface area contributed by atoms with Crippen molar-refractivity contribution >= 4 is 16.9 Å². The normalized spacial score (nSPS) is 22.1. The molecule has 5 rings (SSSR count). The summed E-state index contributed by atoms with van der Waals surface area (Å²) in [6.45, 7) is 0.809. The van der Waals surface area contributed by atoms with E-state index in [1.54, 1.807) is 12.1 Å². The number of benzene rings is 2. The molecule has 1 aliphatic carbocycles. The first-order valence-corrected chi connectivity index (χ1v) is 9.31. The lowest BCUT2D eigenvalue weighted by Gasteiger charge is -2.45. The number of carbonyl (C=O) groups excluding carboxylic acids is 1. The highest BCUT2D eigenvalue weighted by Gasteiger charge is 2.38. The third kappa shape index (κ3) is 2.38. The molecule has 5 nitrogen and oxygen atoms in total. The zero-order valence-electron chi connectivity index (χ0n) is 14.5. The molecule has 2 atom stereocenters. The minimum Gasteiger partial charge on any atom is -0.335 e. The number of likely N-dealkylation sites (tertiary alicyclic amines) is 1. The van der Waals surface area contributed by atoms with Crippen LogP contribution in [0.5, 0.6) is 0 Å². The molecule has 1 amide bonds. The molecular weight excluding hydrogens is 326 g/mol. The highest BCUT2D eigenvalue weighted by molar-refractivity contribution is 5.97. The van der Waals surface area contributed by atoms with Crippen molar-refractivity contribution in [3.8, 4) is 0 Å². The van der Waals surface area contributed by atoms with E-state index in [2.05, 4.69) is 39.1 Å². The Balaban J connectivity index is 1.49. The molecule has 2 aliphatic rings. The number of aromatic nitrogens is 2. The number of H-pyrrole nitrogens is 2. The van der Waals surface area contributed by atoms with Gasteiger partial charge in [-0.25, -0.2) is 4.79 Å². The van der Waals surface area contributed by atoms with Crippen LogP contribution in [0.2, 0.25) is 0 Å². The minimum atomic E-state index is -0.244. The van der Waals surface area contributed by atoms with Crippen LogP contribution in [-0.2, 0) is 6.42 Å². The topological polar surface area (TPSA) is 69.0 Å². The Morgan fingerprint density at radius 2 is 1.88 bits per heavy atom. The molecule has 2 N–H and O–H groups in total. The number of imidazole rings is 1. The largest absolute Gasteiger partial charge is 0.335 e. The standard InChI is InChI=1S/C21H21N3O2/c25-20(14-7-9-17-18(12-14)23-21(26)22-17)24-11-3-6-16-15-5-2-1-4-13(15)8-10-19(16)24/h1-2,4-5,7,9,12,16,19H,3,6,8,10-11H2,(H2,22,23,26)/t16-,19+/m0/s1. The molecule has 1 saturated heterocycles. The Kier molecular flexibility index (Phi) is 3.48. The first-order chi connectivity index (χ1) is 12.7. The van der Waals surface area contributed by atoms with E-state index in [4.69, 9.17) is 0 Å². The van der Waals surface area contributed by atoms with Gasteiger partial charge in [-0.2, -0.15) is 0 Å². The third-order valence-electron chi connectivity index (χ3n) is 5.97. The van der Waals surface area contributed by atoms with Crippen LogP contribution in [-0.4, -0.2) is 33.4 Å². The van der Waals surface area contributed by atoms with Gasteiger partial charge in [-0.3, -0.25) is 4.79 Å². The SMILES string of the molecule is O=C(c1ccc2[nH]c(=O)[nH]c2c1)N1CCC[C@H]2c3ccccc3CC[C@H]21. The Morgan fingerprint density at radius 1 is 1.04 bits per heavy atom. The summed E-state index contributed by atoms with van der Waals surface area (Å²) in [5.41, 5.74) is 4.68. The van der Waals surface area contributed by atoms with Gasteiger partial charge >= 0.3 is 5.69 Å². The third-order valence-corrected chi connectivity index (χ3v) is 5.97. The van der Waals surface area contributed by atoms with Gasteiger partial charge in [-0.05, 0) is 55.0 Å². The molecule has 26 heavy (non-hydrogen) atoms. The van der Waals surface area contributed by atoms with Gasteiger partial charge < -0.3 is 14.9 Å². The Bertz CT molecular complexity index is 1050. The van der Waals surface area contributed by atoms with Gasteiger partial charge in [0.15, 0.2) is 0 Å². The van der Waals surface area contributed by atoms with E-state index in [0.717, 1.165) is 37.7 Å². The first-order valence-electron chi connectivity index (χ1n) is 9.31. The van der Waals surface area contributed by atoms with Gasteiger partial charge in [0.2, 0.25) is 0 Å². The lowest BCUT2D eigenvalue weighted by Crippen LogP contribution is -2.49. The van der Waals surface area contributed by atoms with E-state index in [9.17, 15) is 9.59 Å². The number of hydrogen-bond donors (Lipinski definition) is 2. The molecule has 0 bridgehead atoms. The Labute approximate surface area is 151 Å². The molecule has 0 spiro atoms. The number of carbonyl (C=O) groups is 1. The average molecular weight is 347 g/mol. The molecule has 2 aromatic carbocycles. The monoisotopic (exact) mass is 347 g/mol. The fraction of sp³-hybridized carbons (Fsp3) is 0.333. The fourth-order valence-electron chi connectivity index (χ4n) is 4.79. The number of aromatic amines is 2. The summed E-state index contributed by atoms with van der Waals surface area (Å²) in [5, 5.41) is 0. The summed E-state index contributed by atoms with van der Waals surface area (Å²) in [6, 6.07) is 14.4. The molecule has 5 heteroatoms. The predicted octanol–water partition coefficient (Wildman–Crippen LogP) is 3.19. The number of rotatable bonds is 1. The van der Waals surface area contributed by atoms with Crippen LogP contribution in [0.3, 0.4) is 0 Å². The Hall–Kier alpha value is -2.82. The summed E-state index contributed by atoms with van der Waals surface area (Å²) in [5.74, 6) is 0.511. The second kappa shape index (κ2) is 5.87. The van der Waals surface area contributed by atoms with Crippen LogP contribution >= 0.6 is 0 Å². The second-order valence-corrected chi connectivity index (χ2v) is 7.39. The number of piperidine rings is 1. The van der Waals surface area contributed by atoms with Crippen LogP contribution in [0.15, 0.2) is 47.3 Å². The van der Waals surface area contributed by atoms with Crippen LogP contribution < -0.4 is 5.69 Å². The fourth-order valence-corrected chi connectivity index (χ4v) is 4.79. The van der Waals surface area contributed by atoms with Crippen LogP contribution in [0, 0.1) is 0 Å². The maximum atomic E-state index is 13.2. The number of fused-ring (bicyclic) bond motifs is 4. The van der Waals surface area contributed by atoms with Gasteiger partial charge in [0.05, 0.1) is 11.0 Å². The molecule has 0 unspecified atom stereocenters. The summed E-state index contributed by atoms with van der Waals surface area (Å²) < 4.78 is 0. The molecular formula is C21H21N3O2. The van der Waals surface area contributed by atoms with Crippen molar-refractivity contribution in [2.75, 3.05) is 6.54 Å². The summed E-state index contributed by atoms with van der Waals surface area (Å²) >= 11 is 0. The van der Waals surface area contributed by atoms with Crippen LogP contribution in [0.25, 0.3) is 11.0 Å². The van der Waals surface area contributed by atoms with E-state index >= 15 is 0 Å². The van der Waals surface area contributed by atoms with E-state index in [1.165, 1.54) is 11.1 Å². The number of nitrogens with one attached hydrogen (secondary N) is 2. The first kappa shape index (κ1) is 15.4. The van der Waals surface area contributed by atoms with Gasteiger partial charge in [-0.1, -0.05) is 24.3 Å². The van der Waals surface area contributed by atoms with E-state index in [1.807, 2.05) is 6.07 Å². The smallest absolute Gasteiger partial charge is 0.323 e. The molecule has 0 radical (unpaired) electrons. The van der Waals surface area contributed by atoms with Crippen molar-refractivity contribution in [3.63, 3.8) is 0 Å². The molecule has 3 aromatic rings. The van der Waals surface area contributed by atoms with Crippen molar-refractivity contribution in [3.05, 3.63) is 69.6 Å². The zero-order chi connectivity index (χ0) is 17.7. The lowest BCUT2D eigenvalue weighted by atomic mass is 9.74. The van der Waals surface area contributed by atoms with Gasteiger partial charge in [0, 0.05) is 24.1 Å². The van der Waals surface area contributed by atoms with Gasteiger partial charge in [0.1, 0.15) is 0 Å². The molecule has 1 aliphatic heterocycles. The number of nitrogens with zero attached hydrogens (tertiary/aromatic N) is 1. The number of hydrogen-bond acceptors (Lipinski definition) is 2. The second-order valence-electron chi connectivity index (χ2n) is 7.39. The van der Waals surface area contributed by atoms with Gasteiger partial charge in [-0.15, -0.1) is 0 Å². The maximum absolute atomic E-state index is 13.2. The Morgan fingerprint density at radius 3 is 2.81 bits per heavy atom. The summed E-state index contributed by atoms with van der Waals surface area (Å²) in [6.07, 6.45) is 4.24. The maximum Gasteiger partial charge on any atom is 0.323 e. The predicted molar refractivity (Wildman–Crippen MR) is 100 cm³/mol.